The summed E-state index contributed by atoms with van der Waals surface area (Å²) in [6.45, 7) is 1.32. The number of carbonyl (C=O) groups is 1. The van der Waals surface area contributed by atoms with Crippen molar-refractivity contribution in [1.82, 2.24) is 20.1 Å². The number of nitrogens with zero attached hydrogens (tertiary/aromatic N) is 3. The fourth-order valence-corrected chi connectivity index (χ4v) is 2.15. The third-order valence-corrected chi connectivity index (χ3v) is 3.32. The van der Waals surface area contributed by atoms with E-state index in [4.69, 9.17) is 4.74 Å². The topological polar surface area (TPSA) is 80.3 Å². The van der Waals surface area contributed by atoms with Crippen molar-refractivity contribution in [3.05, 3.63) is 11.6 Å². The van der Waals surface area contributed by atoms with Gasteiger partial charge in [0.15, 0.2) is 5.82 Å². The number of rotatable bonds is 6. The van der Waals surface area contributed by atoms with Crippen LogP contribution in [0.5, 0.6) is 0 Å². The van der Waals surface area contributed by atoms with Crippen molar-refractivity contribution in [2.45, 2.75) is 32.0 Å². The monoisotopic (exact) mass is 336 g/mol. The third kappa shape index (κ3) is 5.47. The van der Waals surface area contributed by atoms with Crippen LogP contribution in [0.15, 0.2) is 0 Å². The van der Waals surface area contributed by atoms with E-state index in [1.54, 1.807) is 0 Å². The highest BCUT2D eigenvalue weighted by Gasteiger charge is 2.29. The van der Waals surface area contributed by atoms with Gasteiger partial charge in [0.05, 0.1) is 26.2 Å². The van der Waals surface area contributed by atoms with Crippen molar-refractivity contribution >= 4 is 5.91 Å². The maximum Gasteiger partial charge on any atom is 0.411 e. The second-order valence-electron chi connectivity index (χ2n) is 5.11. The Labute approximate surface area is 131 Å². The number of aryl methyl sites for hydroxylation is 1. The van der Waals surface area contributed by atoms with E-state index in [9.17, 15) is 18.0 Å². The maximum absolute atomic E-state index is 12.0. The van der Waals surface area contributed by atoms with Crippen molar-refractivity contribution in [3.63, 3.8) is 0 Å². The SMILES string of the molecule is CCc1nc([C@H]2CN(C(=O)CCOCC(F)(F)F)CCO2)n[nH]1. The minimum absolute atomic E-state index is 0.100. The predicted molar refractivity (Wildman–Crippen MR) is 72.5 cm³/mol. The molecule has 1 atom stereocenters. The van der Waals surface area contributed by atoms with Crippen LogP contribution in [-0.4, -0.2) is 65.1 Å². The zero-order valence-corrected chi connectivity index (χ0v) is 12.7. The molecule has 7 nitrogen and oxygen atoms in total. The Bertz CT molecular complexity index is 521. The van der Waals surface area contributed by atoms with E-state index in [2.05, 4.69) is 19.9 Å². The molecule has 1 fully saturated rings. The molecule has 2 heterocycles. The molecule has 0 unspecified atom stereocenters. The standard InChI is InChI=1S/C13H19F3N4O3/c1-2-10-17-12(19-18-10)9-7-20(4-6-23-9)11(21)3-5-22-8-13(14,15)16/h9H,2-8H2,1H3,(H,17,18,19)/t9-/m1/s1. The van der Waals surface area contributed by atoms with Crippen LogP contribution in [0, 0.1) is 0 Å². The van der Waals surface area contributed by atoms with Crippen LogP contribution in [0.4, 0.5) is 13.2 Å². The van der Waals surface area contributed by atoms with Gasteiger partial charge in [-0.1, -0.05) is 6.92 Å². The van der Waals surface area contributed by atoms with Crippen molar-refractivity contribution in [2.75, 3.05) is 32.9 Å². The van der Waals surface area contributed by atoms with E-state index in [-0.39, 0.29) is 25.5 Å². The molecule has 2 rings (SSSR count). The van der Waals surface area contributed by atoms with Crippen LogP contribution in [0.2, 0.25) is 0 Å². The van der Waals surface area contributed by atoms with Crippen molar-refractivity contribution in [3.8, 4) is 0 Å². The summed E-state index contributed by atoms with van der Waals surface area (Å²) in [5.41, 5.74) is 0. The molecule has 0 radical (unpaired) electrons. The first-order valence-corrected chi connectivity index (χ1v) is 7.34. The van der Waals surface area contributed by atoms with E-state index >= 15 is 0 Å². The molecule has 0 bridgehead atoms. The van der Waals surface area contributed by atoms with Gasteiger partial charge in [-0.05, 0) is 0 Å². The highest BCUT2D eigenvalue weighted by atomic mass is 19.4. The molecule has 10 heteroatoms. The molecule has 1 N–H and O–H groups in total. The predicted octanol–water partition coefficient (Wildman–Crippen LogP) is 1.24. The molecule has 130 valence electrons. The highest BCUT2D eigenvalue weighted by Crippen LogP contribution is 2.20. The van der Waals surface area contributed by atoms with E-state index in [1.165, 1.54) is 4.90 Å². The van der Waals surface area contributed by atoms with E-state index < -0.39 is 18.9 Å². The summed E-state index contributed by atoms with van der Waals surface area (Å²) in [5, 5.41) is 6.84. The van der Waals surface area contributed by atoms with Crippen molar-refractivity contribution < 1.29 is 27.4 Å². The van der Waals surface area contributed by atoms with Crippen LogP contribution in [0.1, 0.15) is 31.1 Å². The highest BCUT2D eigenvalue weighted by molar-refractivity contribution is 5.76. The summed E-state index contributed by atoms with van der Waals surface area (Å²) in [6, 6.07) is 0. The van der Waals surface area contributed by atoms with Crippen molar-refractivity contribution in [2.24, 2.45) is 0 Å². The van der Waals surface area contributed by atoms with Crippen LogP contribution in [0.3, 0.4) is 0 Å². The summed E-state index contributed by atoms with van der Waals surface area (Å²) in [7, 11) is 0. The molecule has 1 aromatic rings. The Kier molecular flexibility index (Phi) is 5.94. The van der Waals surface area contributed by atoms with Crippen molar-refractivity contribution in [1.29, 1.82) is 0 Å². The van der Waals surface area contributed by atoms with E-state index in [0.717, 1.165) is 5.82 Å². The number of morpholine rings is 1. The fraction of sp³-hybridized carbons (Fsp3) is 0.769. The molecule has 0 aliphatic carbocycles. The molecular weight excluding hydrogens is 317 g/mol. The number of ether oxygens (including phenoxy) is 2. The van der Waals surface area contributed by atoms with E-state index in [0.29, 0.717) is 25.4 Å². The zero-order valence-electron chi connectivity index (χ0n) is 12.7. The van der Waals surface area contributed by atoms with E-state index in [1.807, 2.05) is 6.92 Å². The first-order chi connectivity index (χ1) is 10.9. The van der Waals surface area contributed by atoms with Gasteiger partial charge in [0.2, 0.25) is 5.91 Å². The lowest BCUT2D eigenvalue weighted by atomic mass is 10.2. The minimum Gasteiger partial charge on any atom is -0.372 e. The number of H-pyrrole nitrogens is 1. The smallest absolute Gasteiger partial charge is 0.372 e. The lowest BCUT2D eigenvalue weighted by molar-refractivity contribution is -0.175. The Morgan fingerprint density at radius 3 is 2.96 bits per heavy atom. The van der Waals surface area contributed by atoms with Crippen LogP contribution in [0.25, 0.3) is 0 Å². The molecule has 1 aliphatic rings. The largest absolute Gasteiger partial charge is 0.411 e. The Hall–Kier alpha value is -1.68. The molecule has 0 saturated carbocycles. The molecule has 23 heavy (non-hydrogen) atoms. The molecule has 1 amide bonds. The Morgan fingerprint density at radius 2 is 2.30 bits per heavy atom. The van der Waals surface area contributed by atoms with Crippen LogP contribution < -0.4 is 0 Å². The number of nitrogens with one attached hydrogen (secondary N) is 1. The average molecular weight is 336 g/mol. The lowest BCUT2D eigenvalue weighted by Crippen LogP contribution is -2.42. The maximum atomic E-state index is 12.0. The van der Waals surface area contributed by atoms with Gasteiger partial charge in [0.1, 0.15) is 18.5 Å². The van der Waals surface area contributed by atoms with Gasteiger partial charge in [-0.2, -0.15) is 18.3 Å². The first-order valence-electron chi connectivity index (χ1n) is 7.34. The number of hydrogen-bond acceptors (Lipinski definition) is 5. The first kappa shape index (κ1) is 17.7. The van der Waals surface area contributed by atoms with Gasteiger partial charge in [0.25, 0.3) is 0 Å². The normalized spacial score (nSPS) is 19.1. The van der Waals surface area contributed by atoms with Gasteiger partial charge < -0.3 is 14.4 Å². The van der Waals surface area contributed by atoms with Gasteiger partial charge in [-0.3, -0.25) is 9.89 Å². The number of halogens is 3. The van der Waals surface area contributed by atoms with Gasteiger partial charge in [-0.15, -0.1) is 0 Å². The molecule has 1 aromatic heterocycles. The summed E-state index contributed by atoms with van der Waals surface area (Å²) < 4.78 is 45.9. The summed E-state index contributed by atoms with van der Waals surface area (Å²) >= 11 is 0. The number of amides is 1. The number of aromatic nitrogens is 3. The number of carbonyl (C=O) groups excluding carboxylic acids is 1. The summed E-state index contributed by atoms with van der Waals surface area (Å²) in [6.07, 6.45) is -4.20. The van der Waals surface area contributed by atoms with Gasteiger partial charge in [0, 0.05) is 13.0 Å². The second kappa shape index (κ2) is 7.73. The zero-order chi connectivity index (χ0) is 16.9. The van der Waals surface area contributed by atoms with Crippen LogP contribution >= 0.6 is 0 Å². The van der Waals surface area contributed by atoms with Gasteiger partial charge in [-0.25, -0.2) is 4.98 Å². The summed E-state index contributed by atoms with van der Waals surface area (Å²) in [4.78, 5) is 17.8. The molecule has 1 aliphatic heterocycles. The molecule has 0 aromatic carbocycles. The minimum atomic E-state index is -4.38. The number of alkyl halides is 3. The second-order valence-corrected chi connectivity index (χ2v) is 5.11. The molecular formula is C13H19F3N4O3. The Morgan fingerprint density at radius 1 is 1.52 bits per heavy atom. The van der Waals surface area contributed by atoms with Crippen LogP contribution in [-0.2, 0) is 20.7 Å². The Balaban J connectivity index is 1.79. The fourth-order valence-electron chi connectivity index (χ4n) is 2.15. The molecule has 1 saturated heterocycles. The van der Waals surface area contributed by atoms with Gasteiger partial charge >= 0.3 is 6.18 Å². The quantitative estimate of drug-likeness (QED) is 0.791. The summed E-state index contributed by atoms with van der Waals surface area (Å²) in [5.74, 6) is 0.937. The third-order valence-electron chi connectivity index (χ3n) is 3.32. The lowest BCUT2D eigenvalue weighted by Gasteiger charge is -2.31. The number of aromatic amines is 1. The average Bonchev–Trinajstić information content (AvgIpc) is 2.99. The molecule has 0 spiro atoms. The number of hydrogen-bond donors (Lipinski definition) is 1.